The van der Waals surface area contributed by atoms with Gasteiger partial charge in [0.15, 0.2) is 0 Å². The Morgan fingerprint density at radius 3 is 2.30 bits per heavy atom. The predicted molar refractivity (Wildman–Crippen MR) is 250 cm³/mol. The largest absolute Gasteiger partial charge is 0.376 e. The van der Waals surface area contributed by atoms with E-state index in [9.17, 15) is 23.3 Å². The van der Waals surface area contributed by atoms with E-state index in [2.05, 4.69) is 68.5 Å². The smallest absolute Gasteiger partial charge is 0.293 e. The van der Waals surface area contributed by atoms with Crippen LogP contribution in [0, 0.1) is 10.1 Å². The lowest BCUT2D eigenvalue weighted by Gasteiger charge is -2.36. The van der Waals surface area contributed by atoms with Crippen molar-refractivity contribution in [3.8, 4) is 11.1 Å². The number of thioether (sulfide) groups is 1. The lowest BCUT2D eigenvalue weighted by atomic mass is 9.99. The molecule has 0 saturated carbocycles. The lowest BCUT2D eigenvalue weighted by molar-refractivity contribution is -0.384. The molecule has 4 aromatic rings. The molecule has 6 rings (SSSR count). The van der Waals surface area contributed by atoms with E-state index in [1.54, 1.807) is 30.0 Å². The molecule has 61 heavy (non-hydrogen) atoms. The molecule has 1 amide bonds. The molecular formula is C46H56ClN7O5S2. The fraction of sp³-hybridized carbons (Fsp3) is 0.370. The molecule has 0 aromatic heterocycles. The number of carbonyl (C=O) groups is 1. The standard InChI is InChI=1S/C46H56ClN7O5S2/c1-5-41(6-2)60-33-38(21-24-51-25-22-39(23-26-51)50(3)4)48-44-20-19-42(31-45(44)54(56)57)61(58,59)49-46(55)35-13-17-40(18-14-35)53-29-27-52(28-30-53)32-36-9-7-8-10-43(36)34-11-15-37(47)16-12-34/h5-20,31,38-39,48H,1,21-30,32-33H2,2-4H3,(H,49,55)/b41-6+/t38-/m1/s1. The van der Waals surface area contributed by atoms with Crippen LogP contribution in [0.25, 0.3) is 11.1 Å². The highest BCUT2D eigenvalue weighted by Gasteiger charge is 2.27. The Bertz CT molecular complexity index is 2270. The summed E-state index contributed by atoms with van der Waals surface area (Å²) in [6.45, 7) is 12.7. The summed E-state index contributed by atoms with van der Waals surface area (Å²) in [4.78, 5) is 35.0. The average molecular weight is 887 g/mol. The first kappa shape index (κ1) is 45.8. The quantitative estimate of drug-likeness (QED) is 0.0568. The summed E-state index contributed by atoms with van der Waals surface area (Å²) in [5, 5.41) is 16.4. The summed E-state index contributed by atoms with van der Waals surface area (Å²) in [7, 11) is -0.219. The molecule has 324 valence electrons. The van der Waals surface area contributed by atoms with E-state index in [0.29, 0.717) is 16.8 Å². The number of nitrogens with zero attached hydrogens (tertiary/aromatic N) is 5. The Balaban J connectivity index is 1.06. The van der Waals surface area contributed by atoms with E-state index in [1.165, 1.54) is 23.3 Å². The van der Waals surface area contributed by atoms with E-state index in [0.717, 1.165) is 93.8 Å². The number of hydrogen-bond donors (Lipinski definition) is 2. The molecule has 1 atom stereocenters. The van der Waals surface area contributed by atoms with Crippen molar-refractivity contribution in [2.75, 3.05) is 75.9 Å². The molecule has 15 heteroatoms. The number of nitro benzene ring substituents is 1. The first-order valence-corrected chi connectivity index (χ1v) is 23.5. The number of anilines is 2. The molecule has 0 unspecified atom stereocenters. The number of allylic oxidation sites excluding steroid dienone is 2. The van der Waals surface area contributed by atoms with Gasteiger partial charge in [0, 0.05) is 84.4 Å². The Kier molecular flexibility index (Phi) is 16.1. The third-order valence-electron chi connectivity index (χ3n) is 11.5. The average Bonchev–Trinajstić information content (AvgIpc) is 3.26. The van der Waals surface area contributed by atoms with Gasteiger partial charge in [-0.05, 0) is 119 Å². The Morgan fingerprint density at radius 1 is 0.967 bits per heavy atom. The van der Waals surface area contributed by atoms with Gasteiger partial charge in [0.1, 0.15) is 5.69 Å². The molecule has 0 bridgehead atoms. The van der Waals surface area contributed by atoms with Gasteiger partial charge in [-0.25, -0.2) is 13.1 Å². The zero-order valence-corrected chi connectivity index (χ0v) is 37.5. The third kappa shape index (κ3) is 12.5. The van der Waals surface area contributed by atoms with Crippen LogP contribution in [0.3, 0.4) is 0 Å². The summed E-state index contributed by atoms with van der Waals surface area (Å²) < 4.78 is 29.1. The first-order valence-electron chi connectivity index (χ1n) is 20.7. The summed E-state index contributed by atoms with van der Waals surface area (Å²) >= 11 is 7.74. The first-order chi connectivity index (χ1) is 29.3. The Hall–Kier alpha value is -4.70. The maximum absolute atomic E-state index is 13.5. The number of piperidine rings is 1. The molecule has 0 radical (unpaired) electrons. The van der Waals surface area contributed by atoms with Crippen molar-refractivity contribution >= 4 is 56.4 Å². The number of rotatable bonds is 18. The van der Waals surface area contributed by atoms with Crippen molar-refractivity contribution in [1.82, 2.24) is 19.4 Å². The van der Waals surface area contributed by atoms with Crippen LogP contribution in [0.4, 0.5) is 17.1 Å². The molecule has 2 fully saturated rings. The van der Waals surface area contributed by atoms with Gasteiger partial charge in [-0.1, -0.05) is 66.7 Å². The van der Waals surface area contributed by atoms with E-state index < -0.39 is 20.9 Å². The van der Waals surface area contributed by atoms with Crippen molar-refractivity contribution in [2.45, 2.75) is 49.7 Å². The van der Waals surface area contributed by atoms with Gasteiger partial charge >= 0.3 is 0 Å². The zero-order valence-electron chi connectivity index (χ0n) is 35.1. The van der Waals surface area contributed by atoms with Crippen LogP contribution in [0.15, 0.2) is 120 Å². The van der Waals surface area contributed by atoms with Crippen molar-refractivity contribution in [1.29, 1.82) is 0 Å². The minimum absolute atomic E-state index is 0.151. The SMILES string of the molecule is C=C/C(=C\C)SC[C@@H](CCN1CCC(N(C)C)CC1)Nc1ccc(S(=O)(=O)NC(=O)c2ccc(N3CCN(Cc4ccccc4-c4ccc(Cl)cc4)CC3)cc2)cc1[N+](=O)[O-]. The van der Waals surface area contributed by atoms with Gasteiger partial charge in [0.2, 0.25) is 0 Å². The van der Waals surface area contributed by atoms with Gasteiger partial charge in [0.05, 0.1) is 9.82 Å². The van der Waals surface area contributed by atoms with Crippen LogP contribution >= 0.6 is 23.4 Å². The predicted octanol–water partition coefficient (Wildman–Crippen LogP) is 8.38. The molecule has 0 aliphatic carbocycles. The molecule has 0 spiro atoms. The molecule has 2 heterocycles. The number of halogens is 1. The number of amides is 1. The fourth-order valence-electron chi connectivity index (χ4n) is 7.86. The molecule has 2 aliphatic rings. The summed E-state index contributed by atoms with van der Waals surface area (Å²) in [5.74, 6) is -0.197. The van der Waals surface area contributed by atoms with Crippen molar-refractivity contribution in [3.63, 3.8) is 0 Å². The van der Waals surface area contributed by atoms with E-state index in [-0.39, 0.29) is 27.9 Å². The van der Waals surface area contributed by atoms with E-state index in [4.69, 9.17) is 11.6 Å². The summed E-state index contributed by atoms with van der Waals surface area (Å²) in [5.41, 5.74) is 4.47. The fourth-order valence-corrected chi connectivity index (χ4v) is 9.91. The number of benzene rings is 4. The molecule has 2 N–H and O–H groups in total. The highest BCUT2D eigenvalue weighted by atomic mass is 35.5. The number of hydrogen-bond acceptors (Lipinski definition) is 11. The molecule has 2 aliphatic heterocycles. The topological polar surface area (TPSA) is 131 Å². The van der Waals surface area contributed by atoms with Gasteiger partial charge in [-0.15, -0.1) is 11.8 Å². The second-order valence-corrected chi connectivity index (χ2v) is 18.9. The lowest BCUT2D eigenvalue weighted by Crippen LogP contribution is -2.46. The third-order valence-corrected chi connectivity index (χ3v) is 14.4. The van der Waals surface area contributed by atoms with Gasteiger partial charge in [-0.2, -0.15) is 0 Å². The number of nitrogens with one attached hydrogen (secondary N) is 2. The minimum atomic E-state index is -4.44. The van der Waals surface area contributed by atoms with E-state index in [1.807, 2.05) is 55.5 Å². The molecular weight excluding hydrogens is 830 g/mol. The van der Waals surface area contributed by atoms with Crippen LogP contribution in [-0.2, 0) is 16.6 Å². The maximum Gasteiger partial charge on any atom is 0.293 e. The summed E-state index contributed by atoms with van der Waals surface area (Å²) in [6.07, 6.45) is 6.66. The number of carbonyl (C=O) groups excluding carboxylic acids is 1. The van der Waals surface area contributed by atoms with Crippen molar-refractivity contribution in [2.24, 2.45) is 0 Å². The zero-order chi connectivity index (χ0) is 43.5. The van der Waals surface area contributed by atoms with Crippen LogP contribution in [0.2, 0.25) is 5.02 Å². The number of likely N-dealkylation sites (tertiary alicyclic amines) is 1. The normalized spacial score (nSPS) is 16.3. The number of nitro groups is 1. The minimum Gasteiger partial charge on any atom is -0.376 e. The molecule has 12 nitrogen and oxygen atoms in total. The van der Waals surface area contributed by atoms with Crippen LogP contribution in [-0.4, -0.2) is 112 Å². The molecule has 2 saturated heterocycles. The number of sulfonamides is 1. The second kappa shape index (κ2) is 21.4. The summed E-state index contributed by atoms with van der Waals surface area (Å²) in [6, 6.07) is 27.2. The monoisotopic (exact) mass is 885 g/mol. The van der Waals surface area contributed by atoms with Crippen molar-refractivity contribution in [3.05, 3.63) is 141 Å². The Morgan fingerprint density at radius 2 is 1.66 bits per heavy atom. The number of piperazine rings is 1. The Labute approximate surface area is 369 Å². The molecule has 4 aromatic carbocycles. The highest BCUT2D eigenvalue weighted by molar-refractivity contribution is 8.03. The highest BCUT2D eigenvalue weighted by Crippen LogP contribution is 2.31. The van der Waals surface area contributed by atoms with Crippen LogP contribution < -0.4 is 14.9 Å². The van der Waals surface area contributed by atoms with Gasteiger partial charge in [0.25, 0.3) is 21.6 Å². The van der Waals surface area contributed by atoms with Gasteiger partial charge in [-0.3, -0.25) is 19.8 Å². The van der Waals surface area contributed by atoms with Crippen LogP contribution in [0.5, 0.6) is 0 Å². The van der Waals surface area contributed by atoms with Crippen LogP contribution in [0.1, 0.15) is 42.1 Å². The maximum atomic E-state index is 13.5. The second-order valence-electron chi connectivity index (χ2n) is 15.7. The van der Waals surface area contributed by atoms with Gasteiger partial charge < -0.3 is 20.0 Å². The van der Waals surface area contributed by atoms with Crippen molar-refractivity contribution < 1.29 is 18.1 Å². The van der Waals surface area contributed by atoms with E-state index >= 15 is 0 Å².